The SMILES string of the molecule is C1=CC(c2ccc3c(c2)oc2c(-c4ccc5c(ccc6ccccc65)c4)nc(-c4ccccc4)nc23)=CC(n2c3ccccc3c3ccccc32)C1. The first-order valence-corrected chi connectivity index (χ1v) is 17.8. The van der Waals surface area contributed by atoms with Crippen molar-refractivity contribution in [2.45, 2.75) is 12.5 Å². The number of benzene rings is 7. The summed E-state index contributed by atoms with van der Waals surface area (Å²) in [5.41, 5.74) is 9.89. The quantitative estimate of drug-likeness (QED) is 0.176. The Morgan fingerprint density at radius 2 is 1.21 bits per heavy atom. The van der Waals surface area contributed by atoms with E-state index in [1.165, 1.54) is 43.5 Å². The predicted octanol–water partition coefficient (Wildman–Crippen LogP) is 12.7. The van der Waals surface area contributed by atoms with Crippen molar-refractivity contribution in [3.63, 3.8) is 0 Å². The van der Waals surface area contributed by atoms with Gasteiger partial charge in [-0.15, -0.1) is 0 Å². The van der Waals surface area contributed by atoms with Crippen LogP contribution < -0.4 is 0 Å². The summed E-state index contributed by atoms with van der Waals surface area (Å²) in [4.78, 5) is 10.3. The lowest BCUT2D eigenvalue weighted by Crippen LogP contribution is -2.08. The highest BCUT2D eigenvalue weighted by Gasteiger charge is 2.22. The van der Waals surface area contributed by atoms with Gasteiger partial charge >= 0.3 is 0 Å². The fourth-order valence-corrected chi connectivity index (χ4v) is 8.24. The standard InChI is InChI=1S/C48H31N3O/c1-2-12-31(13-3-1)48-49-45(35-24-25-38-34(27-35)22-21-30-11-4-5-16-37(30)38)47-46(50-48)41-26-23-33(29-44(41)52-47)32-14-10-15-36(28-32)51-42-19-8-6-17-39(42)40-18-7-9-20-43(40)51/h1-14,16-29,36H,15H2. The first kappa shape index (κ1) is 29.0. The van der Waals surface area contributed by atoms with Crippen molar-refractivity contribution in [3.05, 3.63) is 175 Å². The van der Waals surface area contributed by atoms with Crippen LogP contribution in [0.3, 0.4) is 0 Å². The van der Waals surface area contributed by atoms with Crippen LogP contribution in [0.2, 0.25) is 0 Å². The second-order valence-electron chi connectivity index (χ2n) is 13.7. The topological polar surface area (TPSA) is 43.9 Å². The minimum atomic E-state index is 0.187. The normalized spacial score (nSPS) is 14.7. The summed E-state index contributed by atoms with van der Waals surface area (Å²) in [6, 6.07) is 53.9. The number of rotatable bonds is 4. The van der Waals surface area contributed by atoms with Gasteiger partial charge in [0.05, 0.1) is 6.04 Å². The highest BCUT2D eigenvalue weighted by atomic mass is 16.3. The van der Waals surface area contributed by atoms with Crippen LogP contribution in [0.1, 0.15) is 18.0 Å². The Hall–Kier alpha value is -6.78. The van der Waals surface area contributed by atoms with Gasteiger partial charge in [0.15, 0.2) is 11.4 Å². The molecule has 52 heavy (non-hydrogen) atoms. The summed E-state index contributed by atoms with van der Waals surface area (Å²) in [5.74, 6) is 0.681. The third-order valence-corrected chi connectivity index (χ3v) is 10.7. The van der Waals surface area contributed by atoms with E-state index >= 15 is 0 Å². The van der Waals surface area contributed by atoms with Gasteiger partial charge in [-0.1, -0.05) is 140 Å². The second-order valence-corrected chi connectivity index (χ2v) is 13.7. The van der Waals surface area contributed by atoms with E-state index in [1.807, 2.05) is 18.2 Å². The van der Waals surface area contributed by atoms with E-state index in [2.05, 4.69) is 156 Å². The molecular formula is C48H31N3O. The highest BCUT2D eigenvalue weighted by Crippen LogP contribution is 2.40. The van der Waals surface area contributed by atoms with Crippen LogP contribution in [0.5, 0.6) is 0 Å². The average molecular weight is 666 g/mol. The van der Waals surface area contributed by atoms with Crippen molar-refractivity contribution in [3.8, 4) is 22.6 Å². The summed E-state index contributed by atoms with van der Waals surface area (Å²) in [6.45, 7) is 0. The molecule has 1 aliphatic rings. The van der Waals surface area contributed by atoms with Gasteiger partial charge in [0.2, 0.25) is 0 Å². The monoisotopic (exact) mass is 665 g/mol. The molecule has 0 fully saturated rings. The maximum Gasteiger partial charge on any atom is 0.180 e. The van der Waals surface area contributed by atoms with Crippen LogP contribution in [0.4, 0.5) is 0 Å². The molecule has 4 heteroatoms. The summed E-state index contributed by atoms with van der Waals surface area (Å²) < 4.78 is 9.27. The van der Waals surface area contributed by atoms with Crippen molar-refractivity contribution in [1.82, 2.24) is 14.5 Å². The number of nitrogens with zero attached hydrogens (tertiary/aromatic N) is 3. The van der Waals surface area contributed by atoms with E-state index in [1.54, 1.807) is 0 Å². The summed E-state index contributed by atoms with van der Waals surface area (Å²) in [7, 11) is 0. The Morgan fingerprint density at radius 3 is 2.04 bits per heavy atom. The molecule has 0 spiro atoms. The Bertz CT molecular complexity index is 3060. The zero-order valence-corrected chi connectivity index (χ0v) is 28.2. The first-order valence-electron chi connectivity index (χ1n) is 17.8. The van der Waals surface area contributed by atoms with Gasteiger partial charge in [-0.25, -0.2) is 9.97 Å². The van der Waals surface area contributed by atoms with Crippen LogP contribution in [0.25, 0.3) is 93.6 Å². The van der Waals surface area contributed by atoms with Crippen molar-refractivity contribution in [1.29, 1.82) is 0 Å². The van der Waals surface area contributed by atoms with Crippen LogP contribution in [0, 0.1) is 0 Å². The van der Waals surface area contributed by atoms with Gasteiger partial charge in [0.25, 0.3) is 0 Å². The van der Waals surface area contributed by atoms with E-state index in [0.29, 0.717) is 11.4 Å². The minimum absolute atomic E-state index is 0.187. The zero-order valence-electron chi connectivity index (χ0n) is 28.2. The van der Waals surface area contributed by atoms with Crippen LogP contribution >= 0.6 is 0 Å². The van der Waals surface area contributed by atoms with Crippen LogP contribution in [0.15, 0.2) is 174 Å². The number of hydrogen-bond acceptors (Lipinski definition) is 3. The third kappa shape index (κ3) is 4.47. The fourth-order valence-electron chi connectivity index (χ4n) is 8.24. The minimum Gasteiger partial charge on any atom is -0.452 e. The van der Waals surface area contributed by atoms with Gasteiger partial charge in [-0.3, -0.25) is 0 Å². The van der Waals surface area contributed by atoms with Crippen LogP contribution in [-0.2, 0) is 0 Å². The molecule has 0 N–H and O–H groups in total. The van der Waals surface area contributed by atoms with Crippen LogP contribution in [-0.4, -0.2) is 14.5 Å². The molecule has 3 heterocycles. The first-order chi connectivity index (χ1) is 25.8. The molecule has 4 nitrogen and oxygen atoms in total. The number of allylic oxidation sites excluding steroid dienone is 4. The Labute approximate surface area is 299 Å². The van der Waals surface area contributed by atoms with Gasteiger partial charge in [-0.2, -0.15) is 0 Å². The lowest BCUT2D eigenvalue weighted by molar-refractivity contribution is 0.650. The lowest BCUT2D eigenvalue weighted by atomic mass is 9.95. The molecule has 3 aromatic heterocycles. The maximum atomic E-state index is 6.78. The number of furan rings is 1. The molecule has 1 unspecified atom stereocenters. The molecule has 7 aromatic carbocycles. The molecule has 0 radical (unpaired) electrons. The van der Waals surface area contributed by atoms with Gasteiger partial charge in [-0.05, 0) is 69.4 Å². The summed E-state index contributed by atoms with van der Waals surface area (Å²) in [6.07, 6.45) is 7.87. The molecule has 244 valence electrons. The van der Waals surface area contributed by atoms with Crippen molar-refractivity contribution in [2.75, 3.05) is 0 Å². The smallest absolute Gasteiger partial charge is 0.180 e. The van der Waals surface area contributed by atoms with Crippen molar-refractivity contribution in [2.24, 2.45) is 0 Å². The van der Waals surface area contributed by atoms with E-state index in [0.717, 1.165) is 50.7 Å². The number of hydrogen-bond donors (Lipinski definition) is 0. The average Bonchev–Trinajstić information content (AvgIpc) is 3.76. The number of aromatic nitrogens is 3. The molecule has 11 rings (SSSR count). The molecular weight excluding hydrogens is 635 g/mol. The summed E-state index contributed by atoms with van der Waals surface area (Å²) >= 11 is 0. The van der Waals surface area contributed by atoms with Crippen molar-refractivity contribution >= 4 is 71.0 Å². The Balaban J connectivity index is 1.07. The Morgan fingerprint density at radius 1 is 0.538 bits per heavy atom. The predicted molar refractivity (Wildman–Crippen MR) is 215 cm³/mol. The summed E-state index contributed by atoms with van der Waals surface area (Å²) in [5, 5.41) is 8.42. The van der Waals surface area contributed by atoms with E-state index in [4.69, 9.17) is 14.4 Å². The van der Waals surface area contributed by atoms with Gasteiger partial charge < -0.3 is 8.98 Å². The molecule has 0 amide bonds. The lowest BCUT2D eigenvalue weighted by Gasteiger charge is -2.21. The molecule has 1 aliphatic carbocycles. The number of fused-ring (bicyclic) bond motifs is 9. The Kier molecular flexibility index (Phi) is 6.34. The molecule has 1 atom stereocenters. The fraction of sp³-hybridized carbons (Fsp3) is 0.0417. The number of para-hydroxylation sites is 2. The maximum absolute atomic E-state index is 6.78. The van der Waals surface area contributed by atoms with E-state index < -0.39 is 0 Å². The molecule has 0 aliphatic heterocycles. The van der Waals surface area contributed by atoms with Crippen molar-refractivity contribution < 1.29 is 4.42 Å². The highest BCUT2D eigenvalue weighted by molar-refractivity contribution is 6.11. The van der Waals surface area contributed by atoms with Gasteiger partial charge in [0, 0.05) is 38.3 Å². The molecule has 0 saturated heterocycles. The largest absolute Gasteiger partial charge is 0.452 e. The van der Waals surface area contributed by atoms with E-state index in [9.17, 15) is 0 Å². The molecule has 0 bridgehead atoms. The zero-order chi connectivity index (χ0) is 34.2. The third-order valence-electron chi connectivity index (χ3n) is 10.7. The molecule has 10 aromatic rings. The van der Waals surface area contributed by atoms with Gasteiger partial charge in [0.1, 0.15) is 16.8 Å². The second kappa shape index (κ2) is 11.4. The molecule has 0 saturated carbocycles. The van der Waals surface area contributed by atoms with E-state index in [-0.39, 0.29) is 6.04 Å².